The van der Waals surface area contributed by atoms with Crippen LogP contribution < -0.4 is 5.32 Å². The first kappa shape index (κ1) is 14.8. The van der Waals surface area contributed by atoms with Crippen LogP contribution in [0.4, 0.5) is 4.39 Å². The van der Waals surface area contributed by atoms with Gasteiger partial charge < -0.3 is 5.32 Å². The summed E-state index contributed by atoms with van der Waals surface area (Å²) < 4.78 is 13.8. The molecule has 2 atom stereocenters. The minimum atomic E-state index is -0.0627. The lowest BCUT2D eigenvalue weighted by Gasteiger charge is -2.34. The van der Waals surface area contributed by atoms with Gasteiger partial charge in [0.05, 0.1) is 0 Å². The van der Waals surface area contributed by atoms with Crippen LogP contribution in [0.25, 0.3) is 0 Å². The molecule has 1 aromatic rings. The number of hydrogen-bond acceptors (Lipinski definition) is 2. The van der Waals surface area contributed by atoms with Gasteiger partial charge in [0, 0.05) is 24.7 Å². The van der Waals surface area contributed by atoms with Gasteiger partial charge in [0.2, 0.25) is 0 Å². The molecule has 0 bridgehead atoms. The average Bonchev–Trinajstić information content (AvgIpc) is 2.81. The van der Waals surface area contributed by atoms with Crippen molar-refractivity contribution < 1.29 is 4.39 Å². The molecule has 2 unspecified atom stereocenters. The predicted molar refractivity (Wildman–Crippen MR) is 78.2 cm³/mol. The zero-order valence-corrected chi connectivity index (χ0v) is 12.2. The Balaban J connectivity index is 0.00000133. The van der Waals surface area contributed by atoms with E-state index in [9.17, 15) is 4.39 Å². The Morgan fingerprint density at radius 3 is 3.05 bits per heavy atom. The molecular weight excluding hydrogens is 263 g/mol. The summed E-state index contributed by atoms with van der Waals surface area (Å²) in [5.74, 6) is 0.707. The topological polar surface area (TPSA) is 15.3 Å². The van der Waals surface area contributed by atoms with Gasteiger partial charge in [-0.3, -0.25) is 4.90 Å². The number of rotatable bonds is 2. The lowest BCUT2D eigenvalue weighted by Crippen LogP contribution is -2.44. The molecule has 4 heteroatoms. The van der Waals surface area contributed by atoms with E-state index in [4.69, 9.17) is 0 Å². The van der Waals surface area contributed by atoms with Crippen LogP contribution in [0.1, 0.15) is 24.0 Å². The largest absolute Gasteiger partial charge is 0.314 e. The third-order valence-electron chi connectivity index (χ3n) is 4.33. The van der Waals surface area contributed by atoms with Crippen molar-refractivity contribution in [2.45, 2.75) is 32.4 Å². The maximum Gasteiger partial charge on any atom is 0.127 e. The van der Waals surface area contributed by atoms with E-state index < -0.39 is 0 Å². The summed E-state index contributed by atoms with van der Waals surface area (Å²) in [5.41, 5.74) is 1.99. The van der Waals surface area contributed by atoms with E-state index in [1.54, 1.807) is 6.07 Å². The van der Waals surface area contributed by atoms with Gasteiger partial charge >= 0.3 is 0 Å². The lowest BCUT2D eigenvalue weighted by atomic mass is 9.93. The highest BCUT2D eigenvalue weighted by Crippen LogP contribution is 2.26. The maximum atomic E-state index is 13.8. The second kappa shape index (κ2) is 6.21. The number of halogens is 2. The van der Waals surface area contributed by atoms with Crippen LogP contribution >= 0.6 is 12.4 Å². The molecule has 2 nitrogen and oxygen atoms in total. The van der Waals surface area contributed by atoms with Crippen molar-refractivity contribution in [3.05, 3.63) is 35.1 Å². The Morgan fingerprint density at radius 1 is 1.37 bits per heavy atom. The molecule has 2 aliphatic heterocycles. The standard InChI is InChI=1S/C15H21FN2.ClH/c1-11-2-3-14(16)13(8-11)10-18-7-5-15-12(9-18)4-6-17-15;/h2-3,8,12,15,17H,4-7,9-10H2,1H3;1H. The Hall–Kier alpha value is -0.640. The summed E-state index contributed by atoms with van der Waals surface area (Å²) in [6, 6.07) is 6.12. The van der Waals surface area contributed by atoms with E-state index in [0.717, 1.165) is 43.2 Å². The van der Waals surface area contributed by atoms with Crippen LogP contribution in [-0.2, 0) is 6.54 Å². The predicted octanol–water partition coefficient (Wildman–Crippen LogP) is 2.74. The molecule has 1 N–H and O–H groups in total. The molecule has 3 rings (SSSR count). The van der Waals surface area contributed by atoms with Crippen LogP contribution in [0.2, 0.25) is 0 Å². The number of aryl methyl sites for hydroxylation is 1. The van der Waals surface area contributed by atoms with Gasteiger partial charge in [-0.2, -0.15) is 0 Å². The Morgan fingerprint density at radius 2 is 2.21 bits per heavy atom. The molecular formula is C15H22ClFN2. The zero-order valence-electron chi connectivity index (χ0n) is 11.4. The molecule has 106 valence electrons. The van der Waals surface area contributed by atoms with Crippen LogP contribution in [0, 0.1) is 18.7 Å². The highest BCUT2D eigenvalue weighted by Gasteiger charge is 2.32. The number of nitrogens with zero attached hydrogens (tertiary/aromatic N) is 1. The molecule has 0 aliphatic carbocycles. The van der Waals surface area contributed by atoms with Crippen LogP contribution in [0.3, 0.4) is 0 Å². The molecule has 2 fully saturated rings. The van der Waals surface area contributed by atoms with Gasteiger partial charge in [0.1, 0.15) is 5.82 Å². The maximum absolute atomic E-state index is 13.8. The van der Waals surface area contributed by atoms with E-state index in [1.807, 2.05) is 19.1 Å². The van der Waals surface area contributed by atoms with E-state index in [0.29, 0.717) is 6.04 Å². The van der Waals surface area contributed by atoms with Crippen molar-refractivity contribution in [1.82, 2.24) is 10.2 Å². The molecule has 0 saturated carbocycles. The Kier molecular flexibility index (Phi) is 4.82. The van der Waals surface area contributed by atoms with Crippen molar-refractivity contribution in [2.24, 2.45) is 5.92 Å². The van der Waals surface area contributed by atoms with Crippen molar-refractivity contribution >= 4 is 12.4 Å². The second-order valence-electron chi connectivity index (χ2n) is 5.73. The third kappa shape index (κ3) is 3.28. The van der Waals surface area contributed by atoms with Gasteiger partial charge in [-0.15, -0.1) is 12.4 Å². The molecule has 2 saturated heterocycles. The molecule has 1 aromatic carbocycles. The third-order valence-corrected chi connectivity index (χ3v) is 4.33. The van der Waals surface area contributed by atoms with Gasteiger partial charge in [0.25, 0.3) is 0 Å². The minimum Gasteiger partial charge on any atom is -0.314 e. The number of fused-ring (bicyclic) bond motifs is 1. The number of likely N-dealkylation sites (tertiary alicyclic amines) is 1. The highest BCUT2D eigenvalue weighted by atomic mass is 35.5. The van der Waals surface area contributed by atoms with Crippen LogP contribution in [0.5, 0.6) is 0 Å². The van der Waals surface area contributed by atoms with Crippen molar-refractivity contribution in [3.63, 3.8) is 0 Å². The zero-order chi connectivity index (χ0) is 12.5. The van der Waals surface area contributed by atoms with Crippen molar-refractivity contribution in [2.75, 3.05) is 19.6 Å². The number of benzene rings is 1. The first-order chi connectivity index (χ1) is 8.72. The summed E-state index contributed by atoms with van der Waals surface area (Å²) in [5, 5.41) is 3.56. The van der Waals surface area contributed by atoms with Crippen LogP contribution in [-0.4, -0.2) is 30.6 Å². The van der Waals surface area contributed by atoms with Gasteiger partial charge in [-0.25, -0.2) is 4.39 Å². The van der Waals surface area contributed by atoms with Gasteiger partial charge in [0.15, 0.2) is 0 Å². The SMILES string of the molecule is Cc1ccc(F)c(CN2CCC3NCCC3C2)c1.Cl. The fourth-order valence-electron chi connectivity index (χ4n) is 3.33. The summed E-state index contributed by atoms with van der Waals surface area (Å²) in [7, 11) is 0. The monoisotopic (exact) mass is 284 g/mol. The van der Waals surface area contributed by atoms with Gasteiger partial charge in [-0.05, 0) is 44.8 Å². The first-order valence-electron chi connectivity index (χ1n) is 6.93. The fourth-order valence-corrected chi connectivity index (χ4v) is 3.33. The average molecular weight is 285 g/mol. The fraction of sp³-hybridized carbons (Fsp3) is 0.600. The summed E-state index contributed by atoms with van der Waals surface area (Å²) >= 11 is 0. The molecule has 2 aliphatic rings. The smallest absolute Gasteiger partial charge is 0.127 e. The second-order valence-corrected chi connectivity index (χ2v) is 5.73. The van der Waals surface area contributed by atoms with E-state index in [1.165, 1.54) is 12.8 Å². The number of piperidine rings is 1. The van der Waals surface area contributed by atoms with Crippen LogP contribution in [0.15, 0.2) is 18.2 Å². The first-order valence-corrected chi connectivity index (χ1v) is 6.93. The lowest BCUT2D eigenvalue weighted by molar-refractivity contribution is 0.154. The Bertz CT molecular complexity index is 438. The van der Waals surface area contributed by atoms with E-state index in [-0.39, 0.29) is 18.2 Å². The molecule has 0 spiro atoms. The minimum absolute atomic E-state index is 0. The normalized spacial score (nSPS) is 26.8. The Labute approximate surface area is 120 Å². The number of nitrogens with one attached hydrogen (secondary N) is 1. The van der Waals surface area contributed by atoms with E-state index in [2.05, 4.69) is 10.2 Å². The summed E-state index contributed by atoms with van der Waals surface area (Å²) in [4.78, 5) is 2.41. The van der Waals surface area contributed by atoms with Crippen molar-refractivity contribution in [1.29, 1.82) is 0 Å². The quantitative estimate of drug-likeness (QED) is 0.898. The summed E-state index contributed by atoms with van der Waals surface area (Å²) in [6.07, 6.45) is 2.48. The number of hydrogen-bond donors (Lipinski definition) is 1. The van der Waals surface area contributed by atoms with Gasteiger partial charge in [-0.1, -0.05) is 17.7 Å². The molecule has 0 radical (unpaired) electrons. The summed E-state index contributed by atoms with van der Waals surface area (Å²) in [6.45, 7) is 6.14. The molecule has 2 heterocycles. The highest BCUT2D eigenvalue weighted by molar-refractivity contribution is 5.85. The molecule has 19 heavy (non-hydrogen) atoms. The van der Waals surface area contributed by atoms with E-state index >= 15 is 0 Å². The van der Waals surface area contributed by atoms with Crippen molar-refractivity contribution in [3.8, 4) is 0 Å². The molecule has 0 amide bonds. The molecule has 0 aromatic heterocycles.